The Morgan fingerprint density at radius 2 is 2.35 bits per heavy atom. The van der Waals surface area contributed by atoms with Crippen LogP contribution >= 0.6 is 22.9 Å². The molecule has 0 unspecified atom stereocenters. The Morgan fingerprint density at radius 3 is 3.00 bits per heavy atom. The highest BCUT2D eigenvalue weighted by Crippen LogP contribution is 2.23. The molecule has 0 aliphatic heterocycles. The van der Waals surface area contributed by atoms with Gasteiger partial charge >= 0.3 is 0 Å². The van der Waals surface area contributed by atoms with Crippen molar-refractivity contribution in [3.8, 4) is 5.88 Å². The van der Waals surface area contributed by atoms with Crippen LogP contribution in [0.3, 0.4) is 0 Å². The van der Waals surface area contributed by atoms with Crippen LogP contribution in [0.2, 0.25) is 4.47 Å². The summed E-state index contributed by atoms with van der Waals surface area (Å²) in [6.07, 6.45) is 3.35. The summed E-state index contributed by atoms with van der Waals surface area (Å²) in [5, 5.41) is 12.4. The number of hydrogen-bond donors (Lipinski definition) is 0. The molecule has 0 fully saturated rings. The molecule has 0 radical (unpaired) electrons. The molecule has 102 valence electrons. The first-order valence-corrected chi connectivity index (χ1v) is 7.08. The standard InChI is InChI=1S/C13H10ClN3O2S/c1-8(18)11-12(19)17(7-9-6-15-13(14)20-9)10-4-2-3-5-16(10)11/h2-6H,7H2,1H3. The van der Waals surface area contributed by atoms with Crippen LogP contribution in [0.1, 0.15) is 22.3 Å². The summed E-state index contributed by atoms with van der Waals surface area (Å²) in [4.78, 5) is 16.5. The first-order chi connectivity index (χ1) is 9.58. The second-order valence-electron chi connectivity index (χ2n) is 4.30. The van der Waals surface area contributed by atoms with Gasteiger partial charge in [0.1, 0.15) is 12.4 Å². The zero-order valence-corrected chi connectivity index (χ0v) is 12.1. The smallest absolute Gasteiger partial charge is 0.286 e. The molecule has 0 N–H and O–H groups in total. The van der Waals surface area contributed by atoms with Gasteiger partial charge in [-0.1, -0.05) is 17.7 Å². The maximum atomic E-state index is 12.4. The lowest BCUT2D eigenvalue weighted by atomic mass is 10.3. The quantitative estimate of drug-likeness (QED) is 0.546. The summed E-state index contributed by atoms with van der Waals surface area (Å²) in [7, 11) is 0. The van der Waals surface area contributed by atoms with Crippen LogP contribution in [0.15, 0.2) is 30.6 Å². The fourth-order valence-corrected chi connectivity index (χ4v) is 3.13. The Hall–Kier alpha value is -1.92. The fourth-order valence-electron chi connectivity index (χ4n) is 2.16. The van der Waals surface area contributed by atoms with Crippen molar-refractivity contribution in [2.45, 2.75) is 13.5 Å². The van der Waals surface area contributed by atoms with Crippen LogP contribution in [0, 0.1) is 0 Å². The number of imidazole rings is 1. The average Bonchev–Trinajstić information content (AvgIpc) is 2.93. The van der Waals surface area contributed by atoms with Gasteiger partial charge in [0.05, 0.1) is 11.1 Å². The van der Waals surface area contributed by atoms with Crippen molar-refractivity contribution in [2.75, 3.05) is 0 Å². The molecule has 0 saturated carbocycles. The SMILES string of the molecule is CC(=O)c1c([O-])n(Cc2cnc(Cl)s2)c2cccc[n+]12. The summed E-state index contributed by atoms with van der Waals surface area (Å²) in [6, 6.07) is 5.41. The normalized spacial score (nSPS) is 11.1. The lowest BCUT2D eigenvalue weighted by Gasteiger charge is -2.04. The second-order valence-corrected chi connectivity index (χ2v) is 6.00. The van der Waals surface area contributed by atoms with Crippen molar-refractivity contribution >= 4 is 34.4 Å². The number of nitrogens with zero attached hydrogens (tertiary/aromatic N) is 3. The Balaban J connectivity index is 2.19. The van der Waals surface area contributed by atoms with Gasteiger partial charge in [-0.15, -0.1) is 11.3 Å². The van der Waals surface area contributed by atoms with E-state index in [0.717, 1.165) is 4.88 Å². The zero-order chi connectivity index (χ0) is 14.3. The van der Waals surface area contributed by atoms with E-state index in [1.807, 2.05) is 6.07 Å². The van der Waals surface area contributed by atoms with Gasteiger partial charge in [0.15, 0.2) is 4.47 Å². The Labute approximate surface area is 123 Å². The molecule has 0 amide bonds. The van der Waals surface area contributed by atoms with Crippen molar-refractivity contribution in [3.05, 3.63) is 45.6 Å². The Bertz CT molecular complexity index is 809. The highest BCUT2D eigenvalue weighted by Gasteiger charge is 2.22. The van der Waals surface area contributed by atoms with Crippen LogP contribution in [-0.2, 0) is 6.54 Å². The molecule has 0 saturated heterocycles. The third-order valence-corrected chi connectivity index (χ3v) is 4.08. The number of hydrogen-bond acceptors (Lipinski definition) is 4. The number of aromatic nitrogens is 3. The van der Waals surface area contributed by atoms with Gasteiger partial charge in [-0.2, -0.15) is 4.40 Å². The lowest BCUT2D eigenvalue weighted by Crippen LogP contribution is -2.26. The number of ketones is 1. The number of fused-ring (bicyclic) bond motifs is 1. The first kappa shape index (κ1) is 13.1. The molecule has 20 heavy (non-hydrogen) atoms. The van der Waals surface area contributed by atoms with E-state index >= 15 is 0 Å². The van der Waals surface area contributed by atoms with E-state index < -0.39 is 0 Å². The number of carbonyl (C=O) groups is 1. The van der Waals surface area contributed by atoms with E-state index in [2.05, 4.69) is 4.98 Å². The van der Waals surface area contributed by atoms with E-state index in [-0.39, 0.29) is 17.4 Å². The third-order valence-electron chi connectivity index (χ3n) is 2.98. The van der Waals surface area contributed by atoms with Crippen LogP contribution in [-0.4, -0.2) is 15.3 Å². The molecule has 0 aliphatic carbocycles. The van der Waals surface area contributed by atoms with Gasteiger partial charge in [0, 0.05) is 19.2 Å². The number of pyridine rings is 1. The van der Waals surface area contributed by atoms with Crippen LogP contribution < -0.4 is 9.51 Å². The maximum Gasteiger partial charge on any atom is 0.286 e. The molecule has 7 heteroatoms. The molecule has 0 spiro atoms. The highest BCUT2D eigenvalue weighted by molar-refractivity contribution is 7.15. The molecule has 0 atom stereocenters. The number of carbonyl (C=O) groups excluding carboxylic acids is 1. The summed E-state index contributed by atoms with van der Waals surface area (Å²) in [5.41, 5.74) is 0.837. The monoisotopic (exact) mass is 307 g/mol. The molecule has 0 aromatic carbocycles. The van der Waals surface area contributed by atoms with Gasteiger partial charge in [-0.3, -0.25) is 4.79 Å². The summed E-state index contributed by atoms with van der Waals surface area (Å²) in [6.45, 7) is 1.74. The topological polar surface area (TPSA) is 62.0 Å². The van der Waals surface area contributed by atoms with E-state index in [1.165, 1.54) is 18.3 Å². The Kier molecular flexibility index (Phi) is 3.19. The lowest BCUT2D eigenvalue weighted by molar-refractivity contribution is -0.516. The highest BCUT2D eigenvalue weighted by atomic mass is 35.5. The number of Topliss-reactive ketones (excluding diaryl/α,β-unsaturated/α-hetero) is 1. The van der Waals surface area contributed by atoms with E-state index in [1.54, 1.807) is 33.5 Å². The van der Waals surface area contributed by atoms with Gasteiger partial charge in [0.2, 0.25) is 11.5 Å². The minimum atomic E-state index is -0.298. The van der Waals surface area contributed by atoms with Crippen LogP contribution in [0.4, 0.5) is 0 Å². The van der Waals surface area contributed by atoms with E-state index in [0.29, 0.717) is 16.7 Å². The molecular weight excluding hydrogens is 298 g/mol. The van der Waals surface area contributed by atoms with E-state index in [9.17, 15) is 9.90 Å². The molecule has 5 nitrogen and oxygen atoms in total. The second kappa shape index (κ2) is 4.88. The summed E-state index contributed by atoms with van der Waals surface area (Å²) >= 11 is 7.12. The molecular formula is C13H10ClN3O2S. The summed E-state index contributed by atoms with van der Waals surface area (Å²) < 4.78 is 3.61. The molecule has 3 aromatic heterocycles. The largest absolute Gasteiger partial charge is 0.839 e. The van der Waals surface area contributed by atoms with Gasteiger partial charge in [0.25, 0.3) is 5.65 Å². The number of rotatable bonds is 3. The van der Waals surface area contributed by atoms with Gasteiger partial charge in [-0.25, -0.2) is 9.55 Å². The summed E-state index contributed by atoms with van der Waals surface area (Å²) in [5.74, 6) is -0.550. The van der Waals surface area contributed by atoms with Crippen molar-refractivity contribution < 1.29 is 14.3 Å². The van der Waals surface area contributed by atoms with Gasteiger partial charge in [-0.05, 0) is 6.07 Å². The van der Waals surface area contributed by atoms with Crippen molar-refractivity contribution in [3.63, 3.8) is 0 Å². The molecule has 3 rings (SSSR count). The minimum Gasteiger partial charge on any atom is -0.839 e. The predicted molar refractivity (Wildman–Crippen MR) is 73.3 cm³/mol. The average molecular weight is 308 g/mol. The van der Waals surface area contributed by atoms with Crippen molar-refractivity contribution in [2.24, 2.45) is 0 Å². The third kappa shape index (κ3) is 2.07. The molecule has 3 heterocycles. The van der Waals surface area contributed by atoms with Crippen molar-refractivity contribution in [1.29, 1.82) is 0 Å². The predicted octanol–water partition coefficient (Wildman–Crippen LogP) is 1.66. The fraction of sp³-hybridized carbons (Fsp3) is 0.154. The van der Waals surface area contributed by atoms with E-state index in [4.69, 9.17) is 11.6 Å². The number of thiazole rings is 1. The molecule has 3 aromatic rings. The molecule has 0 bridgehead atoms. The van der Waals surface area contributed by atoms with Crippen LogP contribution in [0.5, 0.6) is 5.88 Å². The minimum absolute atomic E-state index is 0.163. The van der Waals surface area contributed by atoms with Gasteiger partial charge < -0.3 is 5.11 Å². The first-order valence-electron chi connectivity index (χ1n) is 5.89. The maximum absolute atomic E-state index is 12.4. The Morgan fingerprint density at radius 1 is 1.55 bits per heavy atom. The van der Waals surface area contributed by atoms with Crippen molar-refractivity contribution in [1.82, 2.24) is 9.55 Å². The number of halogens is 1. The van der Waals surface area contributed by atoms with Crippen LogP contribution in [0.25, 0.3) is 5.65 Å². The molecule has 0 aliphatic rings. The zero-order valence-electron chi connectivity index (χ0n) is 10.5.